The van der Waals surface area contributed by atoms with Crippen LogP contribution in [0.25, 0.3) is 0 Å². The SMILES string of the molecule is Cc1cc(I)c(C)c(COCC2OCCC(C(C)C)O2)c1. The van der Waals surface area contributed by atoms with Crippen LogP contribution in [0.4, 0.5) is 0 Å². The molecule has 1 aromatic carbocycles. The Balaban J connectivity index is 1.84. The van der Waals surface area contributed by atoms with Gasteiger partial charge in [0.05, 0.1) is 25.9 Å². The van der Waals surface area contributed by atoms with Gasteiger partial charge in [-0.2, -0.15) is 0 Å². The molecule has 4 heteroatoms. The molecule has 0 aromatic heterocycles. The third-order valence-corrected chi connectivity index (χ3v) is 5.00. The molecule has 3 nitrogen and oxygen atoms in total. The summed E-state index contributed by atoms with van der Waals surface area (Å²) in [5.74, 6) is 0.525. The third kappa shape index (κ3) is 4.91. The van der Waals surface area contributed by atoms with E-state index in [4.69, 9.17) is 14.2 Å². The molecule has 1 aromatic rings. The van der Waals surface area contributed by atoms with Crippen LogP contribution in [0.2, 0.25) is 0 Å². The van der Waals surface area contributed by atoms with E-state index in [-0.39, 0.29) is 12.4 Å². The van der Waals surface area contributed by atoms with Crippen molar-refractivity contribution in [1.29, 1.82) is 0 Å². The molecule has 1 saturated heterocycles. The van der Waals surface area contributed by atoms with Crippen LogP contribution in [0.1, 0.15) is 37.0 Å². The van der Waals surface area contributed by atoms with Gasteiger partial charge in [-0.15, -0.1) is 0 Å². The number of hydrogen-bond donors (Lipinski definition) is 0. The smallest absolute Gasteiger partial charge is 0.181 e. The molecule has 1 aliphatic heterocycles. The van der Waals surface area contributed by atoms with E-state index in [1.54, 1.807) is 0 Å². The highest BCUT2D eigenvalue weighted by atomic mass is 127. The normalized spacial score (nSPS) is 22.8. The zero-order valence-corrected chi connectivity index (χ0v) is 15.5. The summed E-state index contributed by atoms with van der Waals surface area (Å²) in [7, 11) is 0. The fourth-order valence-electron chi connectivity index (χ4n) is 2.50. The van der Waals surface area contributed by atoms with Crippen LogP contribution in [0.15, 0.2) is 12.1 Å². The fourth-order valence-corrected chi connectivity index (χ4v) is 3.33. The van der Waals surface area contributed by atoms with Crippen molar-refractivity contribution in [1.82, 2.24) is 0 Å². The van der Waals surface area contributed by atoms with Crippen molar-refractivity contribution in [3.8, 4) is 0 Å². The van der Waals surface area contributed by atoms with Gasteiger partial charge in [-0.1, -0.05) is 19.9 Å². The lowest BCUT2D eigenvalue weighted by atomic mass is 10.0. The Labute approximate surface area is 141 Å². The van der Waals surface area contributed by atoms with Gasteiger partial charge in [0.15, 0.2) is 6.29 Å². The number of benzene rings is 1. The topological polar surface area (TPSA) is 27.7 Å². The van der Waals surface area contributed by atoms with Crippen molar-refractivity contribution in [2.75, 3.05) is 13.2 Å². The Kier molecular flexibility index (Phi) is 6.47. The fraction of sp³-hybridized carbons (Fsp3) is 0.647. The lowest BCUT2D eigenvalue weighted by Crippen LogP contribution is -2.37. The van der Waals surface area contributed by atoms with Crippen molar-refractivity contribution < 1.29 is 14.2 Å². The zero-order valence-electron chi connectivity index (χ0n) is 13.3. The second kappa shape index (κ2) is 7.90. The molecule has 2 atom stereocenters. The molecule has 0 radical (unpaired) electrons. The summed E-state index contributed by atoms with van der Waals surface area (Å²) >= 11 is 2.38. The van der Waals surface area contributed by atoms with Gasteiger partial charge in [0.1, 0.15) is 0 Å². The third-order valence-electron chi connectivity index (χ3n) is 3.88. The van der Waals surface area contributed by atoms with Crippen LogP contribution < -0.4 is 0 Å². The summed E-state index contributed by atoms with van der Waals surface area (Å²) in [5, 5.41) is 0. The highest BCUT2D eigenvalue weighted by Crippen LogP contribution is 2.21. The molecule has 0 N–H and O–H groups in total. The highest BCUT2D eigenvalue weighted by Gasteiger charge is 2.25. The van der Waals surface area contributed by atoms with Crippen molar-refractivity contribution in [3.63, 3.8) is 0 Å². The van der Waals surface area contributed by atoms with Crippen LogP contribution in [-0.4, -0.2) is 25.6 Å². The van der Waals surface area contributed by atoms with Gasteiger partial charge in [0.25, 0.3) is 0 Å². The molecule has 0 aliphatic carbocycles. The van der Waals surface area contributed by atoms with E-state index < -0.39 is 0 Å². The van der Waals surface area contributed by atoms with Gasteiger partial charge >= 0.3 is 0 Å². The average molecular weight is 404 g/mol. The largest absolute Gasteiger partial charge is 0.371 e. The monoisotopic (exact) mass is 404 g/mol. The van der Waals surface area contributed by atoms with Crippen molar-refractivity contribution >= 4 is 22.6 Å². The van der Waals surface area contributed by atoms with Crippen molar-refractivity contribution in [2.45, 2.75) is 53.1 Å². The molecular weight excluding hydrogens is 379 g/mol. The van der Waals surface area contributed by atoms with Gasteiger partial charge in [-0.3, -0.25) is 0 Å². The second-order valence-corrected chi connectivity index (χ2v) is 7.22. The zero-order chi connectivity index (χ0) is 15.4. The molecule has 2 unspecified atom stereocenters. The second-order valence-electron chi connectivity index (χ2n) is 6.05. The molecule has 1 heterocycles. The molecule has 2 rings (SSSR count). The number of rotatable bonds is 5. The van der Waals surface area contributed by atoms with E-state index in [0.29, 0.717) is 19.1 Å². The Morgan fingerprint density at radius 1 is 1.33 bits per heavy atom. The van der Waals surface area contributed by atoms with E-state index in [1.807, 2.05) is 0 Å². The maximum absolute atomic E-state index is 5.91. The van der Waals surface area contributed by atoms with Crippen LogP contribution in [-0.2, 0) is 20.8 Å². The number of aryl methyl sites for hydroxylation is 1. The minimum atomic E-state index is -0.227. The first-order chi connectivity index (χ1) is 9.97. The lowest BCUT2D eigenvalue weighted by molar-refractivity contribution is -0.241. The summed E-state index contributed by atoms with van der Waals surface area (Å²) < 4.78 is 18.7. The standard InChI is InChI=1S/C17H25IO3/c1-11(2)16-5-6-20-17(21-16)10-19-9-14-7-12(3)8-15(18)13(14)4/h7-8,11,16-17H,5-6,9-10H2,1-4H3. The van der Waals surface area contributed by atoms with E-state index >= 15 is 0 Å². The van der Waals surface area contributed by atoms with Crippen LogP contribution in [0.3, 0.4) is 0 Å². The van der Waals surface area contributed by atoms with Crippen molar-refractivity contribution in [3.05, 3.63) is 32.4 Å². The minimum absolute atomic E-state index is 0.227. The average Bonchev–Trinajstić information content (AvgIpc) is 2.44. The van der Waals surface area contributed by atoms with Crippen molar-refractivity contribution in [2.24, 2.45) is 5.92 Å². The van der Waals surface area contributed by atoms with Crippen LogP contribution in [0.5, 0.6) is 0 Å². The van der Waals surface area contributed by atoms with Gasteiger partial charge in [-0.05, 0) is 71.5 Å². The summed E-state index contributed by atoms with van der Waals surface area (Å²) in [5.41, 5.74) is 3.82. The molecule has 0 amide bonds. The van der Waals surface area contributed by atoms with Gasteiger partial charge in [0, 0.05) is 3.57 Å². The number of hydrogen-bond acceptors (Lipinski definition) is 3. The molecule has 1 aliphatic rings. The first kappa shape index (κ1) is 17.2. The predicted molar refractivity (Wildman–Crippen MR) is 92.4 cm³/mol. The number of ether oxygens (including phenoxy) is 3. The maximum atomic E-state index is 5.91. The first-order valence-electron chi connectivity index (χ1n) is 7.57. The lowest BCUT2D eigenvalue weighted by Gasteiger charge is -2.32. The van der Waals surface area contributed by atoms with E-state index in [1.165, 1.54) is 20.3 Å². The Morgan fingerprint density at radius 3 is 2.81 bits per heavy atom. The van der Waals surface area contributed by atoms with Crippen LogP contribution >= 0.6 is 22.6 Å². The van der Waals surface area contributed by atoms with Gasteiger partial charge in [0.2, 0.25) is 0 Å². The summed E-state index contributed by atoms with van der Waals surface area (Å²) in [6.07, 6.45) is 1.04. The van der Waals surface area contributed by atoms with E-state index in [9.17, 15) is 0 Å². The Bertz CT molecular complexity index is 473. The first-order valence-corrected chi connectivity index (χ1v) is 8.65. The van der Waals surface area contributed by atoms with E-state index in [0.717, 1.165) is 13.0 Å². The summed E-state index contributed by atoms with van der Waals surface area (Å²) in [4.78, 5) is 0. The minimum Gasteiger partial charge on any atom is -0.371 e. The van der Waals surface area contributed by atoms with E-state index in [2.05, 4.69) is 62.4 Å². The molecule has 21 heavy (non-hydrogen) atoms. The maximum Gasteiger partial charge on any atom is 0.181 e. The Hall–Kier alpha value is -0.170. The molecular formula is C17H25IO3. The van der Waals surface area contributed by atoms with Gasteiger partial charge < -0.3 is 14.2 Å². The summed E-state index contributed by atoms with van der Waals surface area (Å²) in [6, 6.07) is 4.39. The molecule has 0 spiro atoms. The predicted octanol–water partition coefficient (Wildman–Crippen LogP) is 4.21. The Morgan fingerprint density at radius 2 is 2.10 bits per heavy atom. The molecule has 1 fully saturated rings. The number of halogens is 1. The van der Waals surface area contributed by atoms with Crippen LogP contribution in [0, 0.1) is 23.3 Å². The van der Waals surface area contributed by atoms with Gasteiger partial charge in [-0.25, -0.2) is 0 Å². The molecule has 0 saturated carbocycles. The molecule has 118 valence electrons. The summed E-state index contributed by atoms with van der Waals surface area (Å²) in [6.45, 7) is 10.5. The molecule has 0 bridgehead atoms. The highest BCUT2D eigenvalue weighted by molar-refractivity contribution is 14.1. The quantitative estimate of drug-likeness (QED) is 0.689.